The number of ether oxygens (including phenoxy) is 2. The van der Waals surface area contributed by atoms with Gasteiger partial charge in [0.25, 0.3) is 0 Å². The van der Waals surface area contributed by atoms with Crippen LogP contribution in [0.3, 0.4) is 0 Å². The molecule has 4 rings (SSSR count). The number of anilines is 1. The monoisotopic (exact) mass is 410 g/mol. The minimum absolute atomic E-state index is 0.390. The minimum Gasteiger partial charge on any atom is -0.482 e. The van der Waals surface area contributed by atoms with Crippen LogP contribution in [0, 0.1) is 0 Å². The smallest absolute Gasteiger partial charge is 0.341 e. The third-order valence-corrected chi connectivity index (χ3v) is 4.87. The van der Waals surface area contributed by atoms with Gasteiger partial charge in [0, 0.05) is 16.8 Å². The van der Waals surface area contributed by atoms with Gasteiger partial charge in [0.1, 0.15) is 5.75 Å². The quantitative estimate of drug-likeness (QED) is 0.589. The van der Waals surface area contributed by atoms with Crippen LogP contribution in [-0.4, -0.2) is 38.6 Å². The van der Waals surface area contributed by atoms with Crippen LogP contribution >= 0.6 is 11.8 Å². The van der Waals surface area contributed by atoms with Crippen molar-refractivity contribution in [2.45, 2.75) is 18.3 Å². The lowest BCUT2D eigenvalue weighted by molar-refractivity contribution is -0.139. The van der Waals surface area contributed by atoms with E-state index in [0.717, 1.165) is 22.6 Å². The molecule has 1 aromatic heterocycles. The summed E-state index contributed by atoms with van der Waals surface area (Å²) in [6.45, 7) is 1.63. The second-order valence-electron chi connectivity index (χ2n) is 6.12. The fourth-order valence-corrected chi connectivity index (χ4v) is 3.38. The van der Waals surface area contributed by atoms with Gasteiger partial charge in [0.2, 0.25) is 11.0 Å². The van der Waals surface area contributed by atoms with Gasteiger partial charge < -0.3 is 19.9 Å². The van der Waals surface area contributed by atoms with Crippen molar-refractivity contribution in [3.8, 4) is 22.9 Å². The molecule has 1 aliphatic heterocycles. The van der Waals surface area contributed by atoms with Crippen molar-refractivity contribution in [1.29, 1.82) is 0 Å². The van der Waals surface area contributed by atoms with Gasteiger partial charge in [0.05, 0.1) is 0 Å². The first kappa shape index (κ1) is 19.0. The number of aliphatic carboxylic acids is 1. The molecule has 0 spiro atoms. The Morgan fingerprint density at radius 2 is 2.00 bits per heavy atom. The lowest BCUT2D eigenvalue weighted by atomic mass is 10.1. The lowest BCUT2D eigenvalue weighted by Gasteiger charge is -2.19. The highest BCUT2D eigenvalue weighted by Crippen LogP contribution is 2.39. The summed E-state index contributed by atoms with van der Waals surface area (Å²) >= 11 is 1.49. The van der Waals surface area contributed by atoms with Crippen molar-refractivity contribution in [3.05, 3.63) is 54.1 Å². The Morgan fingerprint density at radius 1 is 1.21 bits per heavy atom. The van der Waals surface area contributed by atoms with Crippen LogP contribution in [0.4, 0.5) is 5.69 Å². The molecule has 0 bridgehead atoms. The van der Waals surface area contributed by atoms with Crippen molar-refractivity contribution >= 4 is 23.4 Å². The topological polar surface area (TPSA) is 106 Å². The maximum Gasteiger partial charge on any atom is 0.341 e. The summed E-state index contributed by atoms with van der Waals surface area (Å²) in [6.07, 6.45) is -0.512. The van der Waals surface area contributed by atoms with Crippen LogP contribution in [0.15, 0.2) is 53.7 Å². The summed E-state index contributed by atoms with van der Waals surface area (Å²) in [6, 6.07) is 14.8. The number of para-hydroxylation sites is 1. The van der Waals surface area contributed by atoms with Gasteiger partial charge >= 0.3 is 5.97 Å². The van der Waals surface area contributed by atoms with E-state index in [0.29, 0.717) is 22.5 Å². The second-order valence-corrected chi connectivity index (χ2v) is 7.35. The van der Waals surface area contributed by atoms with Crippen LogP contribution < -0.4 is 14.8 Å². The predicted octanol–water partition coefficient (Wildman–Crippen LogP) is 3.62. The third-order valence-electron chi connectivity index (χ3n) is 4.15. The molecular formula is C20H18N4O4S. The zero-order chi connectivity index (χ0) is 20.2. The van der Waals surface area contributed by atoms with Gasteiger partial charge in [0.15, 0.2) is 18.5 Å². The first-order valence-electron chi connectivity index (χ1n) is 8.98. The number of thioether (sulfide) groups is 1. The number of nitrogens with one attached hydrogen (secondary N) is 1. The van der Waals surface area contributed by atoms with Crippen LogP contribution in [0.2, 0.25) is 0 Å². The fourth-order valence-electron chi connectivity index (χ4n) is 2.87. The van der Waals surface area contributed by atoms with E-state index in [1.54, 1.807) is 12.1 Å². The molecule has 0 saturated heterocycles. The summed E-state index contributed by atoms with van der Waals surface area (Å²) < 4.78 is 11.4. The molecule has 148 valence electrons. The highest BCUT2D eigenvalue weighted by molar-refractivity contribution is 7.99. The minimum atomic E-state index is -1.02. The summed E-state index contributed by atoms with van der Waals surface area (Å²) in [7, 11) is 0. The van der Waals surface area contributed by atoms with Crippen molar-refractivity contribution < 1.29 is 19.4 Å². The average molecular weight is 410 g/mol. The first-order chi connectivity index (χ1) is 14.1. The van der Waals surface area contributed by atoms with E-state index in [1.807, 2.05) is 43.3 Å². The standard InChI is InChI=1S/C20H18N4O4S/c1-2-29-20-22-19-17(23-24-20)14-5-3-4-6-15(14)21-18(28-19)12-7-9-13(10-8-12)27-11-16(25)26/h3-10,18,21H,2,11H2,1H3,(H,25,26)/t18-/m1/s1. The summed E-state index contributed by atoms with van der Waals surface area (Å²) in [4.78, 5) is 15.2. The van der Waals surface area contributed by atoms with Crippen molar-refractivity contribution in [3.63, 3.8) is 0 Å². The molecule has 2 N–H and O–H groups in total. The predicted molar refractivity (Wildman–Crippen MR) is 108 cm³/mol. The molecule has 0 amide bonds. The van der Waals surface area contributed by atoms with E-state index < -0.39 is 18.8 Å². The molecule has 29 heavy (non-hydrogen) atoms. The molecule has 2 aromatic carbocycles. The fraction of sp³-hybridized carbons (Fsp3) is 0.200. The number of hydrogen-bond acceptors (Lipinski definition) is 8. The van der Waals surface area contributed by atoms with Crippen LogP contribution in [0.1, 0.15) is 18.7 Å². The van der Waals surface area contributed by atoms with E-state index in [2.05, 4.69) is 20.5 Å². The molecule has 0 aliphatic carbocycles. The van der Waals surface area contributed by atoms with Gasteiger partial charge in [-0.05, 0) is 36.1 Å². The zero-order valence-corrected chi connectivity index (χ0v) is 16.3. The van der Waals surface area contributed by atoms with E-state index in [4.69, 9.17) is 14.6 Å². The van der Waals surface area contributed by atoms with Gasteiger partial charge in [-0.3, -0.25) is 0 Å². The molecule has 1 aliphatic rings. The Hall–Kier alpha value is -3.33. The lowest BCUT2D eigenvalue weighted by Crippen LogP contribution is -2.17. The number of aromatic nitrogens is 3. The first-order valence-corrected chi connectivity index (χ1v) is 9.97. The largest absolute Gasteiger partial charge is 0.482 e. The normalized spacial score (nSPS) is 14.6. The Labute approximate surface area is 171 Å². The van der Waals surface area contributed by atoms with E-state index >= 15 is 0 Å². The summed E-state index contributed by atoms with van der Waals surface area (Å²) in [5, 5.41) is 21.2. The maximum absolute atomic E-state index is 10.7. The van der Waals surface area contributed by atoms with E-state index in [1.165, 1.54) is 11.8 Å². The molecule has 0 saturated carbocycles. The van der Waals surface area contributed by atoms with Crippen molar-refractivity contribution in [1.82, 2.24) is 15.2 Å². The Morgan fingerprint density at radius 3 is 2.76 bits per heavy atom. The van der Waals surface area contributed by atoms with Gasteiger partial charge in [-0.2, -0.15) is 4.98 Å². The molecule has 1 atom stereocenters. The Bertz CT molecular complexity index is 1030. The Kier molecular flexibility index (Phi) is 5.48. The number of nitrogens with zero attached hydrogens (tertiary/aromatic N) is 3. The van der Waals surface area contributed by atoms with Crippen LogP contribution in [0.25, 0.3) is 11.3 Å². The van der Waals surface area contributed by atoms with Crippen LogP contribution in [0.5, 0.6) is 11.6 Å². The number of carboxylic acids is 1. The second kappa shape index (κ2) is 8.36. The molecule has 8 nitrogen and oxygen atoms in total. The molecule has 0 fully saturated rings. The van der Waals surface area contributed by atoms with Gasteiger partial charge in [-0.1, -0.05) is 36.9 Å². The molecule has 0 unspecified atom stereocenters. The zero-order valence-electron chi connectivity index (χ0n) is 15.5. The van der Waals surface area contributed by atoms with E-state index in [9.17, 15) is 4.79 Å². The SMILES string of the molecule is CCSc1nnc2c(n1)O[C@H](c1ccc(OCC(=O)O)cc1)Nc1ccccc1-2. The Balaban J connectivity index is 1.67. The summed E-state index contributed by atoms with van der Waals surface area (Å²) in [5.41, 5.74) is 3.13. The number of carboxylic acid groups (broad SMARTS) is 1. The molecule has 0 radical (unpaired) electrons. The number of rotatable bonds is 6. The molecule has 3 aromatic rings. The number of hydrogen-bond donors (Lipinski definition) is 2. The molecular weight excluding hydrogens is 392 g/mol. The number of fused-ring (bicyclic) bond motifs is 3. The number of carbonyl (C=O) groups is 1. The van der Waals surface area contributed by atoms with Gasteiger partial charge in [-0.15, -0.1) is 10.2 Å². The third kappa shape index (κ3) is 4.24. The van der Waals surface area contributed by atoms with E-state index in [-0.39, 0.29) is 0 Å². The van der Waals surface area contributed by atoms with Crippen molar-refractivity contribution in [2.75, 3.05) is 17.7 Å². The number of benzene rings is 2. The van der Waals surface area contributed by atoms with Crippen LogP contribution in [-0.2, 0) is 4.79 Å². The van der Waals surface area contributed by atoms with Gasteiger partial charge in [-0.25, -0.2) is 4.79 Å². The van der Waals surface area contributed by atoms with Crippen molar-refractivity contribution in [2.24, 2.45) is 0 Å². The highest BCUT2D eigenvalue weighted by Gasteiger charge is 2.26. The summed E-state index contributed by atoms with van der Waals surface area (Å²) in [5.74, 6) is 0.682. The molecule has 2 heterocycles. The molecule has 9 heteroatoms. The highest BCUT2D eigenvalue weighted by atomic mass is 32.2. The maximum atomic E-state index is 10.7. The average Bonchev–Trinajstić information content (AvgIpc) is 2.89.